The summed E-state index contributed by atoms with van der Waals surface area (Å²) in [4.78, 5) is 0. The molecular formula is C18H16O. The van der Waals surface area contributed by atoms with Gasteiger partial charge in [-0.25, -0.2) is 0 Å². The van der Waals surface area contributed by atoms with Crippen LogP contribution in [-0.4, -0.2) is 0 Å². The summed E-state index contributed by atoms with van der Waals surface area (Å²) in [5.74, 6) is 0. The van der Waals surface area contributed by atoms with Gasteiger partial charge in [0, 0.05) is 5.56 Å². The molecule has 3 aromatic rings. The average molecular weight is 248 g/mol. The summed E-state index contributed by atoms with van der Waals surface area (Å²) in [7, 11) is 0. The molecule has 0 fully saturated rings. The van der Waals surface area contributed by atoms with Crippen molar-refractivity contribution in [2.75, 3.05) is 0 Å². The van der Waals surface area contributed by atoms with E-state index >= 15 is 0 Å². The molecule has 19 heavy (non-hydrogen) atoms. The number of ether oxygens (including phenoxy) is 1. The lowest BCUT2D eigenvalue weighted by Crippen LogP contribution is -1.91. The van der Waals surface area contributed by atoms with E-state index in [0.717, 1.165) is 0 Å². The standard InChI is InChI=1S/C18H16O/c1-2-11-19-13-18-16-9-5-3-7-14(16)12-15-8-4-6-10-17(15)18/h2-12H,13H2,1H3. The lowest BCUT2D eigenvalue weighted by Gasteiger charge is -2.11. The van der Waals surface area contributed by atoms with Crippen LogP contribution in [0.5, 0.6) is 0 Å². The zero-order chi connectivity index (χ0) is 13.1. The van der Waals surface area contributed by atoms with Crippen molar-refractivity contribution in [2.24, 2.45) is 0 Å². The third kappa shape index (κ3) is 2.19. The Bertz CT molecular complexity index is 687. The predicted octanol–water partition coefficient (Wildman–Crippen LogP) is 5.04. The van der Waals surface area contributed by atoms with Gasteiger partial charge in [0.2, 0.25) is 0 Å². The van der Waals surface area contributed by atoms with E-state index in [1.54, 1.807) is 6.26 Å². The van der Waals surface area contributed by atoms with Crippen LogP contribution in [0.25, 0.3) is 21.5 Å². The first kappa shape index (κ1) is 11.8. The molecule has 0 bridgehead atoms. The molecule has 3 rings (SSSR count). The lowest BCUT2D eigenvalue weighted by atomic mass is 9.97. The Morgan fingerprint density at radius 3 is 2.05 bits per heavy atom. The maximum absolute atomic E-state index is 5.60. The Hall–Kier alpha value is -2.28. The highest BCUT2D eigenvalue weighted by atomic mass is 16.5. The molecule has 0 saturated heterocycles. The Morgan fingerprint density at radius 2 is 1.47 bits per heavy atom. The van der Waals surface area contributed by atoms with Gasteiger partial charge in [0.05, 0.1) is 6.26 Å². The summed E-state index contributed by atoms with van der Waals surface area (Å²) >= 11 is 0. The first-order valence-corrected chi connectivity index (χ1v) is 6.52. The number of allylic oxidation sites excluding steroid dienone is 1. The molecule has 0 aliphatic heterocycles. The van der Waals surface area contributed by atoms with E-state index in [0.29, 0.717) is 6.61 Å². The molecule has 3 aromatic carbocycles. The van der Waals surface area contributed by atoms with Crippen LogP contribution in [0.1, 0.15) is 12.5 Å². The molecule has 94 valence electrons. The normalized spacial score (nSPS) is 11.4. The number of benzene rings is 3. The quantitative estimate of drug-likeness (QED) is 0.466. The van der Waals surface area contributed by atoms with Crippen LogP contribution >= 0.6 is 0 Å². The Kier molecular flexibility index (Phi) is 3.20. The highest BCUT2D eigenvalue weighted by Crippen LogP contribution is 2.28. The average Bonchev–Trinajstić information content (AvgIpc) is 2.46. The van der Waals surface area contributed by atoms with E-state index < -0.39 is 0 Å². The van der Waals surface area contributed by atoms with Gasteiger partial charge in [-0.3, -0.25) is 0 Å². The second-order valence-electron chi connectivity index (χ2n) is 4.58. The van der Waals surface area contributed by atoms with Crippen molar-refractivity contribution in [1.29, 1.82) is 0 Å². The molecule has 0 amide bonds. The zero-order valence-corrected chi connectivity index (χ0v) is 11.0. The van der Waals surface area contributed by atoms with Gasteiger partial charge in [-0.2, -0.15) is 0 Å². The maximum atomic E-state index is 5.60. The molecule has 0 atom stereocenters. The van der Waals surface area contributed by atoms with Crippen molar-refractivity contribution >= 4 is 21.5 Å². The van der Waals surface area contributed by atoms with Crippen molar-refractivity contribution in [2.45, 2.75) is 13.5 Å². The van der Waals surface area contributed by atoms with Crippen molar-refractivity contribution < 1.29 is 4.74 Å². The molecule has 0 aliphatic rings. The van der Waals surface area contributed by atoms with Gasteiger partial charge >= 0.3 is 0 Å². The minimum absolute atomic E-state index is 0.603. The lowest BCUT2D eigenvalue weighted by molar-refractivity contribution is 0.238. The molecule has 0 heterocycles. The van der Waals surface area contributed by atoms with Gasteiger partial charge in [0.25, 0.3) is 0 Å². The number of rotatable bonds is 3. The van der Waals surface area contributed by atoms with Crippen LogP contribution in [0.15, 0.2) is 66.9 Å². The van der Waals surface area contributed by atoms with E-state index in [9.17, 15) is 0 Å². The fourth-order valence-electron chi connectivity index (χ4n) is 2.49. The van der Waals surface area contributed by atoms with E-state index in [-0.39, 0.29) is 0 Å². The number of hydrogen-bond acceptors (Lipinski definition) is 1. The second-order valence-corrected chi connectivity index (χ2v) is 4.58. The first-order chi connectivity index (χ1) is 9.40. The summed E-state index contributed by atoms with van der Waals surface area (Å²) in [5, 5.41) is 5.07. The van der Waals surface area contributed by atoms with Gasteiger partial charge in [0.15, 0.2) is 0 Å². The Balaban J connectivity index is 2.26. The number of fused-ring (bicyclic) bond motifs is 2. The minimum atomic E-state index is 0.603. The summed E-state index contributed by atoms with van der Waals surface area (Å²) in [6, 6.07) is 19.2. The fourth-order valence-corrected chi connectivity index (χ4v) is 2.49. The van der Waals surface area contributed by atoms with E-state index in [2.05, 4.69) is 54.6 Å². The van der Waals surface area contributed by atoms with E-state index in [4.69, 9.17) is 4.74 Å². The van der Waals surface area contributed by atoms with Crippen LogP contribution in [0, 0.1) is 0 Å². The van der Waals surface area contributed by atoms with Gasteiger partial charge in [-0.05, 0) is 34.5 Å². The highest BCUT2D eigenvalue weighted by Gasteiger charge is 2.06. The van der Waals surface area contributed by atoms with Crippen LogP contribution in [0.2, 0.25) is 0 Å². The highest BCUT2D eigenvalue weighted by molar-refractivity contribution is 6.02. The minimum Gasteiger partial charge on any atom is -0.497 e. The summed E-state index contributed by atoms with van der Waals surface area (Å²) in [6.45, 7) is 2.56. The van der Waals surface area contributed by atoms with Crippen molar-refractivity contribution in [3.05, 3.63) is 72.5 Å². The third-order valence-corrected chi connectivity index (χ3v) is 3.34. The summed E-state index contributed by atoms with van der Waals surface area (Å²) < 4.78 is 5.60. The molecule has 1 nitrogen and oxygen atoms in total. The fraction of sp³-hybridized carbons (Fsp3) is 0.111. The summed E-state index contributed by atoms with van der Waals surface area (Å²) in [5.41, 5.74) is 1.26. The van der Waals surface area contributed by atoms with Crippen LogP contribution in [0.3, 0.4) is 0 Å². The van der Waals surface area contributed by atoms with E-state index in [1.165, 1.54) is 27.1 Å². The largest absolute Gasteiger partial charge is 0.497 e. The number of hydrogen-bond donors (Lipinski definition) is 0. The molecule has 1 heteroatoms. The van der Waals surface area contributed by atoms with Gasteiger partial charge in [0.1, 0.15) is 6.61 Å². The second kappa shape index (κ2) is 5.15. The zero-order valence-electron chi connectivity index (χ0n) is 11.0. The molecule has 0 radical (unpaired) electrons. The van der Waals surface area contributed by atoms with Crippen molar-refractivity contribution in [1.82, 2.24) is 0 Å². The maximum Gasteiger partial charge on any atom is 0.114 e. The summed E-state index contributed by atoms with van der Waals surface area (Å²) in [6.07, 6.45) is 3.66. The monoisotopic (exact) mass is 248 g/mol. The molecule has 0 saturated carbocycles. The van der Waals surface area contributed by atoms with Crippen LogP contribution in [-0.2, 0) is 11.3 Å². The Labute approximate surface area is 113 Å². The molecular weight excluding hydrogens is 232 g/mol. The molecule has 0 N–H and O–H groups in total. The Morgan fingerprint density at radius 1 is 0.895 bits per heavy atom. The predicted molar refractivity (Wildman–Crippen MR) is 81.1 cm³/mol. The third-order valence-electron chi connectivity index (χ3n) is 3.34. The smallest absolute Gasteiger partial charge is 0.114 e. The SMILES string of the molecule is CC=COCc1c2ccccc2cc2ccccc12. The van der Waals surface area contributed by atoms with Crippen LogP contribution in [0.4, 0.5) is 0 Å². The van der Waals surface area contributed by atoms with Gasteiger partial charge in [-0.1, -0.05) is 54.6 Å². The van der Waals surface area contributed by atoms with Crippen LogP contribution < -0.4 is 0 Å². The molecule has 0 unspecified atom stereocenters. The van der Waals surface area contributed by atoms with Crippen molar-refractivity contribution in [3.8, 4) is 0 Å². The topological polar surface area (TPSA) is 9.23 Å². The molecule has 0 aliphatic carbocycles. The first-order valence-electron chi connectivity index (χ1n) is 6.52. The molecule has 0 aromatic heterocycles. The van der Waals surface area contributed by atoms with Gasteiger partial charge in [-0.15, -0.1) is 0 Å². The van der Waals surface area contributed by atoms with E-state index in [1.807, 2.05) is 13.0 Å². The van der Waals surface area contributed by atoms with Gasteiger partial charge < -0.3 is 4.74 Å². The molecule has 0 spiro atoms. The van der Waals surface area contributed by atoms with Crippen molar-refractivity contribution in [3.63, 3.8) is 0 Å².